The fraction of sp³-hybridized carbons (Fsp3) is 0.303. The van der Waals surface area contributed by atoms with E-state index in [1.807, 2.05) is 0 Å². The molecule has 0 amide bonds. The fourth-order valence-electron chi connectivity index (χ4n) is 4.20. The highest BCUT2D eigenvalue weighted by Gasteiger charge is 2.15. The maximum atomic E-state index is 5.00. The highest BCUT2D eigenvalue weighted by atomic mass is 15.3. The van der Waals surface area contributed by atoms with Crippen molar-refractivity contribution in [3.63, 3.8) is 0 Å². The van der Waals surface area contributed by atoms with E-state index in [2.05, 4.69) is 144 Å². The van der Waals surface area contributed by atoms with Crippen molar-refractivity contribution in [1.29, 1.82) is 0 Å². The Bertz CT molecular complexity index is 1280. The van der Waals surface area contributed by atoms with Gasteiger partial charge in [-0.3, -0.25) is 0 Å². The van der Waals surface area contributed by atoms with Crippen molar-refractivity contribution >= 4 is 12.2 Å². The molecule has 4 aromatic rings. The molecule has 2 nitrogen and oxygen atoms in total. The van der Waals surface area contributed by atoms with Gasteiger partial charge in [0.2, 0.25) is 0 Å². The Morgan fingerprint density at radius 3 is 1.74 bits per heavy atom. The van der Waals surface area contributed by atoms with Crippen molar-refractivity contribution in [2.75, 3.05) is 0 Å². The lowest BCUT2D eigenvalue weighted by Crippen LogP contribution is -2.11. The second-order valence-corrected chi connectivity index (χ2v) is 11.1. The van der Waals surface area contributed by atoms with Crippen LogP contribution in [0.15, 0.2) is 78.9 Å². The summed E-state index contributed by atoms with van der Waals surface area (Å²) in [4.78, 5) is 0. The Hall–Kier alpha value is -3.39. The molecule has 0 unspecified atom stereocenters. The van der Waals surface area contributed by atoms with Crippen LogP contribution < -0.4 is 0 Å². The average molecular weight is 463 g/mol. The van der Waals surface area contributed by atoms with E-state index in [1.54, 1.807) is 0 Å². The topological polar surface area (TPSA) is 17.8 Å². The lowest BCUT2D eigenvalue weighted by atomic mass is 9.87. The number of hydrogen-bond donors (Lipinski definition) is 0. The predicted molar refractivity (Wildman–Crippen MR) is 151 cm³/mol. The molecule has 2 heteroatoms. The van der Waals surface area contributed by atoms with Gasteiger partial charge in [-0.1, -0.05) is 115 Å². The van der Waals surface area contributed by atoms with Gasteiger partial charge in [-0.15, -0.1) is 0 Å². The van der Waals surface area contributed by atoms with Crippen molar-refractivity contribution in [2.24, 2.45) is 0 Å². The van der Waals surface area contributed by atoms with Gasteiger partial charge in [-0.2, -0.15) is 5.10 Å². The third-order valence-corrected chi connectivity index (χ3v) is 6.63. The van der Waals surface area contributed by atoms with Crippen LogP contribution in [-0.4, -0.2) is 9.78 Å². The summed E-state index contributed by atoms with van der Waals surface area (Å²) in [5.74, 6) is 1.05. The number of hydrogen-bond acceptors (Lipinski definition) is 1. The highest BCUT2D eigenvalue weighted by molar-refractivity contribution is 5.72. The summed E-state index contributed by atoms with van der Waals surface area (Å²) in [7, 11) is 0. The summed E-state index contributed by atoms with van der Waals surface area (Å²) < 4.78 is 2.07. The summed E-state index contributed by atoms with van der Waals surface area (Å²) in [5.41, 5.74) is 9.61. The van der Waals surface area contributed by atoms with Crippen LogP contribution in [0.1, 0.15) is 88.2 Å². The number of nitrogens with zero attached hydrogens (tertiary/aromatic N) is 2. The van der Waals surface area contributed by atoms with Crippen LogP contribution in [0.2, 0.25) is 0 Å². The van der Waals surface area contributed by atoms with E-state index >= 15 is 0 Å². The van der Waals surface area contributed by atoms with Gasteiger partial charge in [0, 0.05) is 5.56 Å². The molecule has 0 aliphatic heterocycles. The maximum Gasteiger partial charge on any atom is 0.0862 e. The lowest BCUT2D eigenvalue weighted by Gasteiger charge is -2.19. The normalized spacial score (nSPS) is 12.3. The number of aromatic nitrogens is 2. The van der Waals surface area contributed by atoms with Crippen molar-refractivity contribution in [2.45, 2.75) is 65.7 Å². The monoisotopic (exact) mass is 462 g/mol. The SMILES string of the molecule is CC(C)c1ccc(C=Cc2cc(-c3ccc(C(C)C)cc3)n(-c3ccc(C(C)(C)C)cc3)n2)cc1. The van der Waals surface area contributed by atoms with Crippen molar-refractivity contribution < 1.29 is 0 Å². The zero-order valence-corrected chi connectivity index (χ0v) is 22.2. The van der Waals surface area contributed by atoms with Gasteiger partial charge in [0.15, 0.2) is 0 Å². The first-order valence-electron chi connectivity index (χ1n) is 12.7. The lowest BCUT2D eigenvalue weighted by molar-refractivity contribution is 0.590. The van der Waals surface area contributed by atoms with Gasteiger partial charge in [0.1, 0.15) is 0 Å². The zero-order valence-electron chi connectivity index (χ0n) is 22.2. The molecule has 0 saturated carbocycles. The first-order valence-corrected chi connectivity index (χ1v) is 12.7. The van der Waals surface area contributed by atoms with Crippen LogP contribution in [0.25, 0.3) is 29.1 Å². The summed E-state index contributed by atoms with van der Waals surface area (Å²) in [6.45, 7) is 15.6. The standard InChI is InChI=1S/C33H38N2/c1-23(2)26-11-8-25(9-12-26)10-19-30-22-32(28-15-13-27(14-16-28)24(3)4)35(34-30)31-20-17-29(18-21-31)33(5,6)7/h8-24H,1-7H3. The molecule has 1 aromatic heterocycles. The Balaban J connectivity index is 1.72. The quantitative estimate of drug-likeness (QED) is 0.279. The van der Waals surface area contributed by atoms with Gasteiger partial charge in [-0.25, -0.2) is 4.68 Å². The molecule has 0 saturated heterocycles. The second-order valence-electron chi connectivity index (χ2n) is 11.1. The molecule has 4 rings (SSSR count). The molecular formula is C33H38N2. The van der Waals surface area contributed by atoms with Gasteiger partial charge in [-0.05, 0) is 63.8 Å². The summed E-state index contributed by atoms with van der Waals surface area (Å²) in [5, 5.41) is 5.00. The van der Waals surface area contributed by atoms with Crippen LogP contribution in [0.4, 0.5) is 0 Å². The summed E-state index contributed by atoms with van der Waals surface area (Å²) >= 11 is 0. The molecule has 0 aliphatic rings. The molecule has 3 aromatic carbocycles. The van der Waals surface area contributed by atoms with E-state index in [9.17, 15) is 0 Å². The zero-order chi connectivity index (χ0) is 25.2. The molecule has 0 N–H and O–H groups in total. The van der Waals surface area contributed by atoms with Gasteiger partial charge >= 0.3 is 0 Å². The first-order chi connectivity index (χ1) is 16.6. The summed E-state index contributed by atoms with van der Waals surface area (Å²) in [6, 6.07) is 28.6. The minimum absolute atomic E-state index is 0.122. The highest BCUT2D eigenvalue weighted by Crippen LogP contribution is 2.29. The van der Waals surface area contributed by atoms with Crippen LogP contribution in [0, 0.1) is 0 Å². The Morgan fingerprint density at radius 2 is 1.23 bits per heavy atom. The van der Waals surface area contributed by atoms with Gasteiger partial charge in [0.25, 0.3) is 0 Å². The molecule has 0 fully saturated rings. The largest absolute Gasteiger partial charge is 0.233 e. The Kier molecular flexibility index (Phi) is 7.12. The number of rotatable bonds is 6. The van der Waals surface area contributed by atoms with E-state index in [4.69, 9.17) is 5.10 Å². The third kappa shape index (κ3) is 5.82. The first kappa shape index (κ1) is 24.7. The fourth-order valence-corrected chi connectivity index (χ4v) is 4.20. The van der Waals surface area contributed by atoms with E-state index < -0.39 is 0 Å². The Morgan fingerprint density at radius 1 is 0.686 bits per heavy atom. The number of benzene rings is 3. The molecule has 0 bridgehead atoms. The average Bonchev–Trinajstić information content (AvgIpc) is 3.27. The second kappa shape index (κ2) is 10.1. The van der Waals surface area contributed by atoms with Crippen LogP contribution in [0.5, 0.6) is 0 Å². The van der Waals surface area contributed by atoms with Gasteiger partial charge in [0.05, 0.1) is 17.1 Å². The molecule has 0 radical (unpaired) electrons. The van der Waals surface area contributed by atoms with E-state index in [-0.39, 0.29) is 5.41 Å². The minimum Gasteiger partial charge on any atom is -0.233 e. The Labute approximate surface area is 211 Å². The molecule has 35 heavy (non-hydrogen) atoms. The van der Waals surface area contributed by atoms with E-state index in [0.717, 1.165) is 17.1 Å². The van der Waals surface area contributed by atoms with Crippen molar-refractivity contribution in [1.82, 2.24) is 9.78 Å². The molecule has 0 spiro atoms. The van der Waals surface area contributed by atoms with Crippen LogP contribution in [-0.2, 0) is 5.41 Å². The molecule has 0 atom stereocenters. The van der Waals surface area contributed by atoms with E-state index in [0.29, 0.717) is 11.8 Å². The molecule has 1 heterocycles. The van der Waals surface area contributed by atoms with Crippen LogP contribution >= 0.6 is 0 Å². The van der Waals surface area contributed by atoms with Crippen molar-refractivity contribution in [3.05, 3.63) is 107 Å². The predicted octanol–water partition coefficient (Wildman–Crippen LogP) is 9.25. The van der Waals surface area contributed by atoms with Gasteiger partial charge < -0.3 is 0 Å². The molecule has 180 valence electrons. The molecular weight excluding hydrogens is 424 g/mol. The summed E-state index contributed by atoms with van der Waals surface area (Å²) in [6.07, 6.45) is 4.25. The van der Waals surface area contributed by atoms with E-state index in [1.165, 1.54) is 27.8 Å². The third-order valence-electron chi connectivity index (χ3n) is 6.63. The van der Waals surface area contributed by atoms with Crippen LogP contribution in [0.3, 0.4) is 0 Å². The minimum atomic E-state index is 0.122. The van der Waals surface area contributed by atoms with Crippen molar-refractivity contribution in [3.8, 4) is 16.9 Å². The maximum absolute atomic E-state index is 5.00. The smallest absolute Gasteiger partial charge is 0.0862 e. The molecule has 0 aliphatic carbocycles.